The van der Waals surface area contributed by atoms with E-state index < -0.39 is 70.6 Å². The van der Waals surface area contributed by atoms with Gasteiger partial charge < -0.3 is 34.8 Å². The van der Waals surface area contributed by atoms with Crippen molar-refractivity contribution in [1.82, 2.24) is 0 Å². The number of allylic oxidation sites excluding steroid dienone is 5. The van der Waals surface area contributed by atoms with Gasteiger partial charge in [-0.05, 0) is 44.4 Å². The maximum absolute atomic E-state index is 12.7. The van der Waals surface area contributed by atoms with Crippen molar-refractivity contribution >= 4 is 19.8 Å². The Morgan fingerprint density at radius 1 is 0.571 bits per heavy atom. The molecular weight excluding hydrogens is 824 g/mol. The summed E-state index contributed by atoms with van der Waals surface area (Å²) in [4.78, 5) is 35.1. The molecule has 63 heavy (non-hydrogen) atoms. The van der Waals surface area contributed by atoms with Gasteiger partial charge in [-0.2, -0.15) is 0 Å². The van der Waals surface area contributed by atoms with Gasteiger partial charge in [0, 0.05) is 12.8 Å². The first kappa shape index (κ1) is 60.9. The monoisotopic (exact) mass is 915 g/mol. The van der Waals surface area contributed by atoms with Crippen molar-refractivity contribution in [1.29, 1.82) is 0 Å². The number of phosphoric ester groups is 1. The lowest BCUT2D eigenvalue weighted by molar-refractivity contribution is -0.161. The van der Waals surface area contributed by atoms with Gasteiger partial charge in [-0.15, -0.1) is 0 Å². The zero-order chi connectivity index (χ0) is 46.7. The van der Waals surface area contributed by atoms with Crippen LogP contribution in [-0.2, 0) is 32.7 Å². The Bertz CT molecular complexity index is 1240. The van der Waals surface area contributed by atoms with Crippen molar-refractivity contribution in [2.75, 3.05) is 26.4 Å². The summed E-state index contributed by atoms with van der Waals surface area (Å²) in [5.74, 6) is -0.326. The lowest BCUT2D eigenvalue weighted by atomic mass is 10.0. The second kappa shape index (κ2) is 43.7. The Morgan fingerprint density at radius 2 is 1.08 bits per heavy atom. The van der Waals surface area contributed by atoms with Crippen LogP contribution >= 0.6 is 7.82 Å². The van der Waals surface area contributed by atoms with Crippen molar-refractivity contribution in [3.05, 3.63) is 48.6 Å². The molecule has 0 saturated carbocycles. The highest BCUT2D eigenvalue weighted by Gasteiger charge is 2.27. The van der Waals surface area contributed by atoms with Crippen LogP contribution in [0.2, 0.25) is 0 Å². The number of aliphatic hydroxyl groups excluding tert-OH is 4. The third-order valence-electron chi connectivity index (χ3n) is 10.6. The maximum atomic E-state index is 12.7. The number of carbonyl (C=O) groups is 2. The van der Waals surface area contributed by atoms with E-state index in [2.05, 4.69) is 31.4 Å². The van der Waals surface area contributed by atoms with E-state index in [-0.39, 0.29) is 25.7 Å². The molecule has 0 amide bonds. The van der Waals surface area contributed by atoms with Gasteiger partial charge in [-0.1, -0.05) is 198 Å². The summed E-state index contributed by atoms with van der Waals surface area (Å²) in [6.45, 7) is 4.41. The molecule has 0 heterocycles. The van der Waals surface area contributed by atoms with Gasteiger partial charge in [-0.3, -0.25) is 18.6 Å². The molecule has 0 aliphatic heterocycles. The number of hydrogen-bond acceptors (Lipinski definition) is 11. The molecule has 1 unspecified atom stereocenters. The SMILES string of the molecule is CCCCC/C=C\C[C@H](O)/C=C/C=C/C=C\[C@H](O)CCCC(=O)O[C@H](COC(=O)CCCCCCCCCCCCCCCCCCCCC(C)C)COP(=O)(O)OC[C@@H](O)CO. The molecule has 0 aliphatic carbocycles. The minimum absolute atomic E-state index is 0.0755. The van der Waals surface area contributed by atoms with Gasteiger partial charge >= 0.3 is 19.8 Å². The summed E-state index contributed by atoms with van der Waals surface area (Å²) in [7, 11) is -4.69. The van der Waals surface area contributed by atoms with E-state index in [0.29, 0.717) is 12.8 Å². The Morgan fingerprint density at radius 3 is 1.62 bits per heavy atom. The van der Waals surface area contributed by atoms with E-state index in [4.69, 9.17) is 19.1 Å². The van der Waals surface area contributed by atoms with Crippen LogP contribution in [0.5, 0.6) is 0 Å². The normalized spacial score (nSPS) is 15.2. The Hall–Kier alpha value is -2.15. The van der Waals surface area contributed by atoms with Crippen molar-refractivity contribution in [2.24, 2.45) is 5.92 Å². The van der Waals surface area contributed by atoms with Crippen molar-refractivity contribution in [3.8, 4) is 0 Å². The fourth-order valence-corrected chi connectivity index (χ4v) is 7.52. The minimum atomic E-state index is -4.69. The standard InChI is InChI=1S/C50H91O12P/c1-4-5-6-7-23-28-34-45(52)35-29-25-26-30-36-46(53)37-32-39-50(56)62-48(43-61-63(57,58)60-41-47(54)40-51)42-59-49(55)38-31-24-21-19-17-15-13-11-9-8-10-12-14-16-18-20-22-27-33-44(2)3/h23,25-26,28-30,35-36,44-48,51-54H,4-22,24,27,31-34,37-43H2,1-3H3,(H,57,58)/b26-25+,28-23-,35-29+,36-30-/t45-,46-,47-,48+/m0/s1. The smallest absolute Gasteiger partial charge is 0.462 e. The molecule has 0 fully saturated rings. The molecule has 0 radical (unpaired) electrons. The second-order valence-corrected chi connectivity index (χ2v) is 18.8. The highest BCUT2D eigenvalue weighted by Crippen LogP contribution is 2.43. The predicted molar refractivity (Wildman–Crippen MR) is 254 cm³/mol. The summed E-state index contributed by atoms with van der Waals surface area (Å²) in [5, 5.41) is 38.7. The average Bonchev–Trinajstić information content (AvgIpc) is 3.25. The van der Waals surface area contributed by atoms with Crippen LogP contribution in [0.15, 0.2) is 48.6 Å². The Balaban J connectivity index is 4.40. The number of carbonyl (C=O) groups excluding carboxylic acids is 2. The molecule has 0 bridgehead atoms. The maximum Gasteiger partial charge on any atom is 0.472 e. The van der Waals surface area contributed by atoms with E-state index in [1.54, 1.807) is 36.5 Å². The van der Waals surface area contributed by atoms with Crippen LogP contribution in [0.1, 0.15) is 201 Å². The Labute approximate surface area is 382 Å². The average molecular weight is 915 g/mol. The van der Waals surface area contributed by atoms with Gasteiger partial charge in [0.2, 0.25) is 0 Å². The lowest BCUT2D eigenvalue weighted by Gasteiger charge is -2.20. The number of unbranched alkanes of at least 4 members (excludes halogenated alkanes) is 20. The predicted octanol–water partition coefficient (Wildman–Crippen LogP) is 11.5. The molecule has 13 heteroatoms. The number of aliphatic hydroxyl groups is 4. The molecule has 12 nitrogen and oxygen atoms in total. The zero-order valence-electron chi connectivity index (χ0n) is 39.7. The Kier molecular flexibility index (Phi) is 42.2. The first-order valence-corrected chi connectivity index (χ1v) is 26.2. The van der Waals surface area contributed by atoms with Gasteiger partial charge in [-0.25, -0.2) is 4.57 Å². The number of ether oxygens (including phenoxy) is 2. The third kappa shape index (κ3) is 44.8. The molecule has 0 aliphatic rings. The van der Waals surface area contributed by atoms with Crippen molar-refractivity contribution in [3.63, 3.8) is 0 Å². The van der Waals surface area contributed by atoms with Crippen LogP contribution in [0.3, 0.4) is 0 Å². The molecule has 5 atom stereocenters. The minimum Gasteiger partial charge on any atom is -0.462 e. The van der Waals surface area contributed by atoms with Gasteiger partial charge in [0.05, 0.1) is 32.0 Å². The van der Waals surface area contributed by atoms with Crippen LogP contribution in [0.25, 0.3) is 0 Å². The third-order valence-corrected chi connectivity index (χ3v) is 11.6. The van der Waals surface area contributed by atoms with E-state index >= 15 is 0 Å². The van der Waals surface area contributed by atoms with Crippen LogP contribution < -0.4 is 0 Å². The van der Waals surface area contributed by atoms with Gasteiger partial charge in [0.25, 0.3) is 0 Å². The molecular formula is C50H91O12P. The summed E-state index contributed by atoms with van der Waals surface area (Å²) >= 11 is 0. The van der Waals surface area contributed by atoms with E-state index in [1.807, 2.05) is 6.08 Å². The first-order chi connectivity index (χ1) is 30.4. The summed E-state index contributed by atoms with van der Waals surface area (Å²) in [6.07, 6.45) is 39.9. The molecule has 0 aromatic rings. The fourth-order valence-electron chi connectivity index (χ4n) is 6.73. The van der Waals surface area contributed by atoms with Crippen LogP contribution in [0.4, 0.5) is 0 Å². The van der Waals surface area contributed by atoms with Gasteiger partial charge in [0.1, 0.15) is 12.7 Å². The second-order valence-electron chi connectivity index (χ2n) is 17.4. The zero-order valence-corrected chi connectivity index (χ0v) is 40.6. The highest BCUT2D eigenvalue weighted by atomic mass is 31.2. The molecule has 5 N–H and O–H groups in total. The van der Waals surface area contributed by atoms with Crippen molar-refractivity contribution < 1.29 is 58.0 Å². The fraction of sp³-hybridized carbons (Fsp3) is 0.800. The van der Waals surface area contributed by atoms with Crippen LogP contribution in [0, 0.1) is 5.92 Å². The first-order valence-electron chi connectivity index (χ1n) is 24.7. The molecule has 0 spiro atoms. The molecule has 0 aromatic heterocycles. The summed E-state index contributed by atoms with van der Waals surface area (Å²) < 4.78 is 32.6. The van der Waals surface area contributed by atoms with Crippen molar-refractivity contribution in [2.45, 2.75) is 225 Å². The number of hydrogen-bond donors (Lipinski definition) is 5. The van der Waals surface area contributed by atoms with Crippen LogP contribution in [-0.4, -0.2) is 88.1 Å². The highest BCUT2D eigenvalue weighted by molar-refractivity contribution is 7.47. The largest absolute Gasteiger partial charge is 0.472 e. The molecule has 368 valence electrons. The molecule has 0 saturated heterocycles. The number of phosphoric acid groups is 1. The number of esters is 2. The van der Waals surface area contributed by atoms with E-state index in [1.165, 1.54) is 109 Å². The summed E-state index contributed by atoms with van der Waals surface area (Å²) in [5.41, 5.74) is 0. The lowest BCUT2D eigenvalue weighted by Crippen LogP contribution is -2.30. The summed E-state index contributed by atoms with van der Waals surface area (Å²) in [6, 6.07) is 0. The van der Waals surface area contributed by atoms with E-state index in [9.17, 15) is 34.4 Å². The quantitative estimate of drug-likeness (QED) is 0.0128. The topological polar surface area (TPSA) is 189 Å². The molecule has 0 aromatic carbocycles. The number of rotatable bonds is 45. The van der Waals surface area contributed by atoms with E-state index in [0.717, 1.165) is 38.0 Å². The van der Waals surface area contributed by atoms with Gasteiger partial charge in [0.15, 0.2) is 6.10 Å². The molecule has 0 rings (SSSR count).